The molecule has 1 aliphatic rings. The van der Waals surface area contributed by atoms with Crippen LogP contribution in [-0.2, 0) is 11.3 Å². The first-order valence-corrected chi connectivity index (χ1v) is 6.23. The van der Waals surface area contributed by atoms with Gasteiger partial charge >= 0.3 is 0 Å². The van der Waals surface area contributed by atoms with Gasteiger partial charge in [0.2, 0.25) is 5.91 Å². The van der Waals surface area contributed by atoms with E-state index in [-0.39, 0.29) is 11.9 Å². The first kappa shape index (κ1) is 12.7. The van der Waals surface area contributed by atoms with Gasteiger partial charge in [0.05, 0.1) is 10.0 Å². The molecule has 0 bridgehead atoms. The smallest absolute Gasteiger partial charge is 0.224 e. The molecule has 0 aromatic heterocycles. The highest BCUT2D eigenvalue weighted by Crippen LogP contribution is 2.22. The van der Waals surface area contributed by atoms with Gasteiger partial charge in [0.25, 0.3) is 0 Å². The van der Waals surface area contributed by atoms with E-state index in [1.807, 2.05) is 19.2 Å². The van der Waals surface area contributed by atoms with Gasteiger partial charge in [-0.1, -0.05) is 29.3 Å². The molecule has 1 atom stereocenters. The molecule has 1 amide bonds. The lowest BCUT2D eigenvalue weighted by Crippen LogP contribution is -2.30. The molecular formula is C12H14Cl2N2O. The van der Waals surface area contributed by atoms with Crippen molar-refractivity contribution in [1.29, 1.82) is 0 Å². The van der Waals surface area contributed by atoms with E-state index in [4.69, 9.17) is 23.2 Å². The van der Waals surface area contributed by atoms with Gasteiger partial charge in [0.15, 0.2) is 0 Å². The van der Waals surface area contributed by atoms with Gasteiger partial charge in [-0.3, -0.25) is 4.79 Å². The largest absolute Gasteiger partial charge is 0.344 e. The van der Waals surface area contributed by atoms with Crippen LogP contribution in [0.4, 0.5) is 0 Å². The maximum absolute atomic E-state index is 11.3. The number of amides is 1. The van der Waals surface area contributed by atoms with Crippen LogP contribution < -0.4 is 5.32 Å². The number of carbonyl (C=O) groups is 1. The number of halogens is 2. The average molecular weight is 273 g/mol. The van der Waals surface area contributed by atoms with Crippen molar-refractivity contribution in [3.8, 4) is 0 Å². The third-order valence-corrected chi connectivity index (χ3v) is 3.66. The van der Waals surface area contributed by atoms with E-state index in [2.05, 4.69) is 5.32 Å². The number of carbonyl (C=O) groups excluding carboxylic acids is 1. The van der Waals surface area contributed by atoms with Crippen molar-refractivity contribution in [2.75, 3.05) is 13.6 Å². The summed E-state index contributed by atoms with van der Waals surface area (Å²) in [6.45, 7) is 1.46. The van der Waals surface area contributed by atoms with Gasteiger partial charge in [0, 0.05) is 32.6 Å². The van der Waals surface area contributed by atoms with Gasteiger partial charge in [0.1, 0.15) is 0 Å². The summed E-state index contributed by atoms with van der Waals surface area (Å²) in [5.74, 6) is 0.191. The molecule has 1 aliphatic heterocycles. The second kappa shape index (κ2) is 5.25. The summed E-state index contributed by atoms with van der Waals surface area (Å²) in [5, 5.41) is 4.46. The van der Waals surface area contributed by atoms with Crippen molar-refractivity contribution in [1.82, 2.24) is 10.2 Å². The Morgan fingerprint density at radius 3 is 2.76 bits per heavy atom. The number of rotatable bonds is 3. The van der Waals surface area contributed by atoms with Crippen LogP contribution in [0, 0.1) is 0 Å². The second-order valence-electron chi connectivity index (χ2n) is 4.30. The topological polar surface area (TPSA) is 32.3 Å². The molecule has 5 heteroatoms. The zero-order chi connectivity index (χ0) is 12.4. The fourth-order valence-electron chi connectivity index (χ4n) is 1.91. The number of benzene rings is 1. The zero-order valence-corrected chi connectivity index (χ0v) is 11.1. The monoisotopic (exact) mass is 272 g/mol. The number of hydrogen-bond acceptors (Lipinski definition) is 2. The van der Waals surface area contributed by atoms with E-state index in [1.165, 1.54) is 0 Å². The Kier molecular flexibility index (Phi) is 3.92. The van der Waals surface area contributed by atoms with Crippen molar-refractivity contribution < 1.29 is 4.79 Å². The number of likely N-dealkylation sites (tertiary alicyclic amines) is 1. The van der Waals surface area contributed by atoms with E-state index in [0.717, 1.165) is 12.1 Å². The standard InChI is InChI=1S/C12H14Cl2N2O/c1-16-7-9(5-12(16)17)15-6-8-2-3-10(13)11(14)4-8/h2-4,9,15H,5-7H2,1H3. The summed E-state index contributed by atoms with van der Waals surface area (Å²) in [4.78, 5) is 13.1. The summed E-state index contributed by atoms with van der Waals surface area (Å²) < 4.78 is 0. The van der Waals surface area contributed by atoms with Gasteiger partial charge in [-0.2, -0.15) is 0 Å². The molecule has 0 spiro atoms. The summed E-state index contributed by atoms with van der Waals surface area (Å²) in [7, 11) is 1.82. The Morgan fingerprint density at radius 1 is 1.41 bits per heavy atom. The van der Waals surface area contributed by atoms with Gasteiger partial charge in [-0.05, 0) is 17.7 Å². The Bertz CT molecular complexity index is 437. The lowest BCUT2D eigenvalue weighted by Gasteiger charge is -2.12. The minimum absolute atomic E-state index is 0.191. The Morgan fingerprint density at radius 2 is 2.18 bits per heavy atom. The molecule has 17 heavy (non-hydrogen) atoms. The minimum Gasteiger partial charge on any atom is -0.344 e. The molecule has 0 saturated carbocycles. The molecule has 3 nitrogen and oxygen atoms in total. The maximum Gasteiger partial charge on any atom is 0.224 e. The van der Waals surface area contributed by atoms with Crippen LogP contribution in [0.5, 0.6) is 0 Å². The summed E-state index contributed by atoms with van der Waals surface area (Å²) >= 11 is 11.8. The van der Waals surface area contributed by atoms with Gasteiger partial charge in [-0.15, -0.1) is 0 Å². The molecule has 0 aliphatic carbocycles. The van der Waals surface area contributed by atoms with Crippen molar-refractivity contribution >= 4 is 29.1 Å². The molecule has 92 valence electrons. The molecule has 0 radical (unpaired) electrons. The van der Waals surface area contributed by atoms with E-state index in [1.54, 1.807) is 11.0 Å². The first-order valence-electron chi connectivity index (χ1n) is 5.47. The molecular weight excluding hydrogens is 259 g/mol. The summed E-state index contributed by atoms with van der Waals surface area (Å²) in [5.41, 5.74) is 1.07. The fourth-order valence-corrected chi connectivity index (χ4v) is 2.23. The highest BCUT2D eigenvalue weighted by Gasteiger charge is 2.25. The van der Waals surface area contributed by atoms with Crippen LogP contribution in [0.25, 0.3) is 0 Å². The van der Waals surface area contributed by atoms with E-state index in [9.17, 15) is 4.79 Å². The number of likely N-dealkylation sites (N-methyl/N-ethyl adjacent to an activating group) is 1. The summed E-state index contributed by atoms with van der Waals surface area (Å²) in [6.07, 6.45) is 0.567. The highest BCUT2D eigenvalue weighted by atomic mass is 35.5. The SMILES string of the molecule is CN1CC(NCc2ccc(Cl)c(Cl)c2)CC1=O. The molecule has 1 aromatic rings. The average Bonchev–Trinajstić information content (AvgIpc) is 2.60. The lowest BCUT2D eigenvalue weighted by molar-refractivity contribution is -0.126. The van der Waals surface area contributed by atoms with Crippen LogP contribution in [0.15, 0.2) is 18.2 Å². The van der Waals surface area contributed by atoms with Crippen LogP contribution in [0.3, 0.4) is 0 Å². The van der Waals surface area contributed by atoms with Gasteiger partial charge in [-0.25, -0.2) is 0 Å². The maximum atomic E-state index is 11.3. The Labute approximate surface area is 111 Å². The van der Waals surface area contributed by atoms with E-state index >= 15 is 0 Å². The minimum atomic E-state index is 0.191. The quantitative estimate of drug-likeness (QED) is 0.916. The van der Waals surface area contributed by atoms with Crippen molar-refractivity contribution in [3.63, 3.8) is 0 Å². The van der Waals surface area contributed by atoms with E-state index in [0.29, 0.717) is 23.0 Å². The third-order valence-electron chi connectivity index (χ3n) is 2.92. The van der Waals surface area contributed by atoms with Crippen LogP contribution >= 0.6 is 23.2 Å². The molecule has 1 N–H and O–H groups in total. The first-order chi connectivity index (χ1) is 8.06. The highest BCUT2D eigenvalue weighted by molar-refractivity contribution is 6.42. The van der Waals surface area contributed by atoms with Gasteiger partial charge < -0.3 is 10.2 Å². The number of nitrogens with zero attached hydrogens (tertiary/aromatic N) is 1. The predicted octanol–water partition coefficient (Wildman–Crippen LogP) is 2.31. The Hall–Kier alpha value is -0.770. The second-order valence-corrected chi connectivity index (χ2v) is 5.12. The Balaban J connectivity index is 1.90. The third kappa shape index (κ3) is 3.12. The molecule has 2 rings (SSSR count). The van der Waals surface area contributed by atoms with Crippen LogP contribution in [0.1, 0.15) is 12.0 Å². The van der Waals surface area contributed by atoms with Crippen LogP contribution in [0.2, 0.25) is 10.0 Å². The molecule has 1 fully saturated rings. The molecule has 1 unspecified atom stereocenters. The number of hydrogen-bond donors (Lipinski definition) is 1. The molecule has 1 saturated heterocycles. The molecule has 1 heterocycles. The van der Waals surface area contributed by atoms with E-state index < -0.39 is 0 Å². The molecule has 1 aromatic carbocycles. The lowest BCUT2D eigenvalue weighted by atomic mass is 10.2. The fraction of sp³-hybridized carbons (Fsp3) is 0.417. The van der Waals surface area contributed by atoms with Crippen molar-refractivity contribution in [2.45, 2.75) is 19.0 Å². The number of nitrogens with one attached hydrogen (secondary N) is 1. The zero-order valence-electron chi connectivity index (χ0n) is 9.54. The van der Waals surface area contributed by atoms with Crippen molar-refractivity contribution in [3.05, 3.63) is 33.8 Å². The van der Waals surface area contributed by atoms with Crippen LogP contribution in [-0.4, -0.2) is 30.4 Å². The normalized spacial score (nSPS) is 20.1. The predicted molar refractivity (Wildman–Crippen MR) is 69.3 cm³/mol. The summed E-state index contributed by atoms with van der Waals surface area (Å²) in [6, 6.07) is 5.79. The van der Waals surface area contributed by atoms with Crippen molar-refractivity contribution in [2.24, 2.45) is 0 Å².